The number of rotatable bonds is 5. The van der Waals surface area contributed by atoms with Crippen LogP contribution in [0.4, 0.5) is 4.79 Å². The van der Waals surface area contributed by atoms with E-state index in [1.807, 2.05) is 0 Å². The third-order valence-corrected chi connectivity index (χ3v) is 7.52. The molecule has 3 heterocycles. The van der Waals surface area contributed by atoms with E-state index < -0.39 is 27.5 Å². The first kappa shape index (κ1) is 20.6. The smallest absolute Gasteiger partial charge is 0.322 e. The Labute approximate surface area is 174 Å². The fourth-order valence-corrected chi connectivity index (χ4v) is 5.50. The lowest BCUT2D eigenvalue weighted by atomic mass is 9.77. The van der Waals surface area contributed by atoms with E-state index in [1.54, 1.807) is 30.2 Å². The molecule has 4 rings (SSSR count). The Morgan fingerprint density at radius 2 is 1.90 bits per heavy atom. The second-order valence-corrected chi connectivity index (χ2v) is 9.98. The number of urea groups is 1. The number of carbonyl (C=O) groups is 3. The first-order valence-corrected chi connectivity index (χ1v) is 11.5. The van der Waals surface area contributed by atoms with Gasteiger partial charge < -0.3 is 15.0 Å². The van der Waals surface area contributed by atoms with Crippen LogP contribution in [0.2, 0.25) is 0 Å². The summed E-state index contributed by atoms with van der Waals surface area (Å²) in [5.74, 6) is -0.354. The molecule has 10 nitrogen and oxygen atoms in total. The van der Waals surface area contributed by atoms with Crippen molar-refractivity contribution in [3.63, 3.8) is 0 Å². The van der Waals surface area contributed by atoms with Crippen LogP contribution in [-0.4, -0.2) is 74.0 Å². The lowest BCUT2D eigenvalue weighted by Crippen LogP contribution is -2.62. The van der Waals surface area contributed by atoms with E-state index in [4.69, 9.17) is 4.74 Å². The Kier molecular flexibility index (Phi) is 4.97. The van der Waals surface area contributed by atoms with Crippen molar-refractivity contribution in [1.82, 2.24) is 19.8 Å². The molecule has 11 heteroatoms. The Morgan fingerprint density at radius 1 is 1.20 bits per heavy atom. The molecule has 0 bridgehead atoms. The Morgan fingerprint density at radius 3 is 2.47 bits per heavy atom. The largest absolute Gasteiger partial charge is 0.497 e. The van der Waals surface area contributed by atoms with Gasteiger partial charge in [0.25, 0.3) is 11.8 Å². The number of hydrogen-bond acceptors (Lipinski definition) is 6. The zero-order chi connectivity index (χ0) is 21.7. The molecule has 1 atom stereocenters. The summed E-state index contributed by atoms with van der Waals surface area (Å²) in [6, 6.07) is 4.59. The average molecular weight is 436 g/mol. The highest BCUT2D eigenvalue weighted by atomic mass is 32.2. The van der Waals surface area contributed by atoms with E-state index in [9.17, 15) is 22.8 Å². The Hall–Kier alpha value is -2.66. The van der Waals surface area contributed by atoms with E-state index in [2.05, 4.69) is 10.6 Å². The highest BCUT2D eigenvalue weighted by Crippen LogP contribution is 2.35. The molecular weight excluding hydrogens is 412 g/mol. The molecule has 2 N–H and O–H groups in total. The number of hydrogen-bond donors (Lipinski definition) is 2. The molecule has 0 saturated carbocycles. The third-order valence-electron chi connectivity index (χ3n) is 6.22. The maximum absolute atomic E-state index is 12.9. The summed E-state index contributed by atoms with van der Waals surface area (Å²) in [5, 5.41) is 5.05. The van der Waals surface area contributed by atoms with Gasteiger partial charge in [0.15, 0.2) is 0 Å². The number of nitrogens with one attached hydrogen (secondary N) is 2. The van der Waals surface area contributed by atoms with Crippen LogP contribution in [0.15, 0.2) is 18.2 Å². The number of imide groups is 1. The molecule has 1 aromatic rings. The Balaban J connectivity index is 1.58. The number of methoxy groups -OCH3 is 1. The average Bonchev–Trinajstić information content (AvgIpc) is 3.17. The molecule has 2 fully saturated rings. The maximum atomic E-state index is 12.9. The predicted octanol–water partition coefficient (Wildman–Crippen LogP) is -0.0992. The van der Waals surface area contributed by atoms with Gasteiger partial charge in [-0.2, -0.15) is 0 Å². The van der Waals surface area contributed by atoms with Crippen LogP contribution in [0.25, 0.3) is 0 Å². The van der Waals surface area contributed by atoms with Gasteiger partial charge in [0.1, 0.15) is 11.3 Å². The summed E-state index contributed by atoms with van der Waals surface area (Å²) in [6.45, 7) is 0.849. The summed E-state index contributed by atoms with van der Waals surface area (Å²) < 4.78 is 30.2. The van der Waals surface area contributed by atoms with Gasteiger partial charge in [0, 0.05) is 25.2 Å². The summed E-state index contributed by atoms with van der Waals surface area (Å²) in [7, 11) is -1.77. The van der Waals surface area contributed by atoms with Crippen LogP contribution < -0.4 is 15.4 Å². The molecule has 0 spiro atoms. The van der Waals surface area contributed by atoms with Gasteiger partial charge >= 0.3 is 6.03 Å². The van der Waals surface area contributed by atoms with E-state index in [0.717, 1.165) is 11.8 Å². The van der Waals surface area contributed by atoms with Crippen LogP contribution in [0.1, 0.15) is 28.8 Å². The first-order chi connectivity index (χ1) is 14.1. The maximum Gasteiger partial charge on any atom is 0.322 e. The molecule has 3 aliphatic heterocycles. The standard InChI is InChI=1S/C19H24N4O6S/c1-29-14-3-4-15-12(9-14)10-22(16(15)24)11-19(17(25)20-18(26)21-19)13-5-7-23(8-6-13)30(2,27)28/h3-4,9,13H,5-8,10-11H2,1-2H3,(H2,20,21,25,26). The minimum absolute atomic E-state index is 0.0178. The number of fused-ring (bicyclic) bond motifs is 1. The molecule has 0 aliphatic carbocycles. The molecule has 1 unspecified atom stereocenters. The van der Waals surface area contributed by atoms with Crippen LogP contribution in [0.5, 0.6) is 5.75 Å². The first-order valence-electron chi connectivity index (χ1n) is 9.69. The minimum atomic E-state index is -3.32. The fraction of sp³-hybridized carbons (Fsp3) is 0.526. The number of amides is 4. The molecule has 1 aromatic carbocycles. The van der Waals surface area contributed by atoms with Crippen molar-refractivity contribution >= 4 is 27.9 Å². The molecule has 0 aromatic heterocycles. The normalized spacial score (nSPS) is 25.3. The monoisotopic (exact) mass is 436 g/mol. The van der Waals surface area contributed by atoms with Crippen molar-refractivity contribution in [2.45, 2.75) is 24.9 Å². The number of ether oxygens (including phenoxy) is 1. The zero-order valence-corrected chi connectivity index (χ0v) is 17.6. The summed E-state index contributed by atoms with van der Waals surface area (Å²) in [5.41, 5.74) is 0.0522. The van der Waals surface area contributed by atoms with Gasteiger partial charge in [-0.25, -0.2) is 17.5 Å². The van der Waals surface area contributed by atoms with Gasteiger partial charge in [-0.3, -0.25) is 14.9 Å². The number of nitrogens with zero attached hydrogens (tertiary/aromatic N) is 2. The third kappa shape index (κ3) is 3.41. The molecule has 0 radical (unpaired) electrons. The van der Waals surface area contributed by atoms with E-state index >= 15 is 0 Å². The van der Waals surface area contributed by atoms with Gasteiger partial charge in [-0.1, -0.05) is 0 Å². The van der Waals surface area contributed by atoms with Crippen molar-refractivity contribution in [3.8, 4) is 5.75 Å². The molecular formula is C19H24N4O6S. The molecule has 4 amide bonds. The summed E-state index contributed by atoms with van der Waals surface area (Å²) in [6.07, 6.45) is 1.97. The summed E-state index contributed by atoms with van der Waals surface area (Å²) >= 11 is 0. The van der Waals surface area contributed by atoms with Crippen molar-refractivity contribution in [3.05, 3.63) is 29.3 Å². The van der Waals surface area contributed by atoms with Gasteiger partial charge in [-0.15, -0.1) is 0 Å². The lowest BCUT2D eigenvalue weighted by Gasteiger charge is -2.41. The second-order valence-electron chi connectivity index (χ2n) is 8.00. The number of carbonyl (C=O) groups excluding carboxylic acids is 3. The second kappa shape index (κ2) is 7.24. The summed E-state index contributed by atoms with van der Waals surface area (Å²) in [4.78, 5) is 39.4. The molecule has 30 heavy (non-hydrogen) atoms. The van der Waals surface area contributed by atoms with Crippen LogP contribution in [0.3, 0.4) is 0 Å². The highest BCUT2D eigenvalue weighted by Gasteiger charge is 2.54. The predicted molar refractivity (Wildman–Crippen MR) is 106 cm³/mol. The van der Waals surface area contributed by atoms with E-state index in [1.165, 1.54) is 4.31 Å². The Bertz CT molecular complexity index is 1020. The van der Waals surface area contributed by atoms with Crippen molar-refractivity contribution in [2.24, 2.45) is 5.92 Å². The van der Waals surface area contributed by atoms with Gasteiger partial charge in [-0.05, 0) is 42.5 Å². The van der Waals surface area contributed by atoms with E-state index in [0.29, 0.717) is 30.7 Å². The van der Waals surface area contributed by atoms with Gasteiger partial charge in [0.2, 0.25) is 10.0 Å². The number of piperidine rings is 1. The van der Waals surface area contributed by atoms with Crippen LogP contribution >= 0.6 is 0 Å². The van der Waals surface area contributed by atoms with Crippen molar-refractivity contribution in [2.75, 3.05) is 33.0 Å². The van der Waals surface area contributed by atoms with Crippen molar-refractivity contribution < 1.29 is 27.5 Å². The number of benzene rings is 1. The van der Waals surface area contributed by atoms with Crippen molar-refractivity contribution in [1.29, 1.82) is 0 Å². The van der Waals surface area contributed by atoms with E-state index in [-0.39, 0.29) is 31.5 Å². The highest BCUT2D eigenvalue weighted by molar-refractivity contribution is 7.88. The fourth-order valence-electron chi connectivity index (χ4n) is 4.63. The van der Waals surface area contributed by atoms with Gasteiger partial charge in [0.05, 0.1) is 19.9 Å². The number of sulfonamides is 1. The topological polar surface area (TPSA) is 125 Å². The quantitative estimate of drug-likeness (QED) is 0.621. The lowest BCUT2D eigenvalue weighted by molar-refractivity contribution is -0.127. The minimum Gasteiger partial charge on any atom is -0.497 e. The molecule has 162 valence electrons. The van der Waals surface area contributed by atoms with Crippen LogP contribution in [-0.2, 0) is 21.4 Å². The zero-order valence-electron chi connectivity index (χ0n) is 16.8. The van der Waals surface area contributed by atoms with Crippen LogP contribution in [0, 0.1) is 5.92 Å². The molecule has 2 saturated heterocycles. The SMILES string of the molecule is COc1ccc2c(c1)CN(CC1(C3CCN(S(C)(=O)=O)CC3)NC(=O)NC1=O)C2=O. The molecule has 3 aliphatic rings.